The van der Waals surface area contributed by atoms with Gasteiger partial charge in [-0.15, -0.1) is 0 Å². The smallest absolute Gasteiger partial charge is 0.421 e. The Morgan fingerprint density at radius 1 is 0.979 bits per heavy atom. The van der Waals surface area contributed by atoms with Crippen molar-refractivity contribution >= 4 is 35.1 Å². The van der Waals surface area contributed by atoms with Gasteiger partial charge in [-0.25, -0.2) is 4.98 Å². The molecule has 3 aromatic rings. The number of piperazine rings is 1. The minimum atomic E-state index is -4.82. The first-order chi connectivity index (χ1) is 22.8. The second kappa shape index (κ2) is 14.6. The Kier molecular flexibility index (Phi) is 10.7. The van der Waals surface area contributed by atoms with Gasteiger partial charge in [0.2, 0.25) is 5.95 Å². The molecule has 0 amide bonds. The number of anilines is 5. The lowest BCUT2D eigenvalue weighted by molar-refractivity contribution is -0.137. The topological polar surface area (TPSA) is 85.9 Å². The average molecular weight is 676 g/mol. The Morgan fingerprint density at radius 2 is 1.69 bits per heavy atom. The Balaban J connectivity index is 1.33. The number of aldehydes is 1. The van der Waals surface area contributed by atoms with E-state index in [0.29, 0.717) is 36.2 Å². The molecule has 0 aliphatic carbocycles. The Morgan fingerprint density at radius 3 is 2.29 bits per heavy atom. The van der Waals surface area contributed by atoms with E-state index in [9.17, 15) is 26.7 Å². The number of hydrogen-bond donors (Lipinski definition) is 2. The van der Waals surface area contributed by atoms with E-state index in [-0.39, 0.29) is 34.2 Å². The van der Waals surface area contributed by atoms with Gasteiger partial charge in [-0.3, -0.25) is 14.6 Å². The third-order valence-electron chi connectivity index (χ3n) is 9.08. The molecule has 14 heteroatoms. The largest absolute Gasteiger partial charge is 0.433 e. The van der Waals surface area contributed by atoms with Gasteiger partial charge in [-0.2, -0.15) is 26.9 Å². The lowest BCUT2D eigenvalue weighted by atomic mass is 10.00. The van der Waals surface area contributed by atoms with Crippen molar-refractivity contribution in [2.75, 3.05) is 54.8 Å². The zero-order valence-electron chi connectivity index (χ0n) is 27.6. The van der Waals surface area contributed by atoms with E-state index in [2.05, 4.69) is 56.1 Å². The molecule has 5 rings (SSSR count). The summed E-state index contributed by atoms with van der Waals surface area (Å²) in [5, 5.41) is 5.37. The van der Waals surface area contributed by atoms with Crippen LogP contribution in [0.25, 0.3) is 0 Å². The van der Waals surface area contributed by atoms with Crippen LogP contribution in [0.3, 0.4) is 0 Å². The summed E-state index contributed by atoms with van der Waals surface area (Å²) in [6.07, 6.45) is -1.30. The average Bonchev–Trinajstić information content (AvgIpc) is 3.04. The van der Waals surface area contributed by atoms with E-state index in [1.165, 1.54) is 18.2 Å². The second-order valence-electron chi connectivity index (χ2n) is 13.0. The molecule has 0 atom stereocenters. The van der Waals surface area contributed by atoms with Crippen molar-refractivity contribution in [3.63, 3.8) is 0 Å². The molecular weight excluding hydrogens is 633 g/mol. The van der Waals surface area contributed by atoms with Crippen LogP contribution in [0.1, 0.15) is 62.0 Å². The van der Waals surface area contributed by atoms with Gasteiger partial charge in [0.15, 0.2) is 12.0 Å². The summed E-state index contributed by atoms with van der Waals surface area (Å²) >= 11 is 0. The molecule has 2 N–H and O–H groups in total. The van der Waals surface area contributed by atoms with Gasteiger partial charge in [0, 0.05) is 74.4 Å². The van der Waals surface area contributed by atoms with Gasteiger partial charge >= 0.3 is 12.8 Å². The maximum atomic E-state index is 13.9. The summed E-state index contributed by atoms with van der Waals surface area (Å²) in [5.41, 5.74) is 0.726. The number of nitrogens with one attached hydrogen (secondary N) is 2. The highest BCUT2D eigenvalue weighted by molar-refractivity contribution is 5.88. The van der Waals surface area contributed by atoms with Gasteiger partial charge in [-0.1, -0.05) is 19.1 Å². The van der Waals surface area contributed by atoms with Crippen LogP contribution in [-0.4, -0.2) is 83.5 Å². The monoisotopic (exact) mass is 675 g/mol. The summed E-state index contributed by atoms with van der Waals surface area (Å²) in [7, 11) is 0. The number of piperidine rings is 1. The van der Waals surface area contributed by atoms with Gasteiger partial charge in [0.05, 0.1) is 11.4 Å². The first-order valence-electron chi connectivity index (χ1n) is 16.1. The summed E-state index contributed by atoms with van der Waals surface area (Å²) in [6, 6.07) is 10.0. The lowest BCUT2D eigenvalue weighted by Gasteiger charge is -2.46. The summed E-state index contributed by atoms with van der Waals surface area (Å²) < 4.78 is 73.7. The number of halogens is 5. The molecule has 2 saturated heterocycles. The van der Waals surface area contributed by atoms with E-state index < -0.39 is 24.2 Å². The Hall–Kier alpha value is -4.04. The zero-order valence-corrected chi connectivity index (χ0v) is 27.6. The van der Waals surface area contributed by atoms with E-state index in [4.69, 9.17) is 4.74 Å². The highest BCUT2D eigenvalue weighted by Crippen LogP contribution is 2.38. The fraction of sp³-hybridized carbons (Fsp3) is 0.500. The molecule has 0 bridgehead atoms. The standard InChI is InChI=1S/C34H42F5N7O2/c1-5-22-7-6-8-27(25(22)21-47)41-30-26(34(37,38)39)20-40-32(43-30)42-28-10-9-24(19-29(28)48-31(35)36)44-13-11-23(12-14-44)45-15-17-46(18-16-45)33(2,3)4/h6-10,19-21,23,31H,5,11-18H2,1-4H3,(H2,40,41,42,43). The molecule has 260 valence electrons. The first-order valence-corrected chi connectivity index (χ1v) is 16.1. The summed E-state index contributed by atoms with van der Waals surface area (Å²) in [6.45, 7) is 10.9. The number of aryl methyl sites for hydroxylation is 1. The molecule has 0 spiro atoms. The predicted octanol–water partition coefficient (Wildman–Crippen LogP) is 7.34. The molecule has 48 heavy (non-hydrogen) atoms. The molecule has 0 radical (unpaired) electrons. The molecule has 2 aliphatic heterocycles. The van der Waals surface area contributed by atoms with Crippen LogP contribution in [0.15, 0.2) is 42.6 Å². The van der Waals surface area contributed by atoms with Crippen LogP contribution < -0.4 is 20.3 Å². The van der Waals surface area contributed by atoms with Crippen molar-refractivity contribution in [1.29, 1.82) is 0 Å². The van der Waals surface area contributed by atoms with Crippen LogP contribution in [0.2, 0.25) is 0 Å². The van der Waals surface area contributed by atoms with E-state index in [0.717, 1.165) is 52.1 Å². The van der Waals surface area contributed by atoms with E-state index in [1.54, 1.807) is 18.2 Å². The molecular formula is C34H42F5N7O2. The van der Waals surface area contributed by atoms with E-state index in [1.807, 2.05) is 6.92 Å². The number of rotatable bonds is 10. The SMILES string of the molecule is CCc1cccc(Nc2nc(Nc3ccc(N4CCC(N5CCN(C(C)(C)C)CC5)CC4)cc3OC(F)F)ncc2C(F)(F)F)c1C=O. The lowest BCUT2D eigenvalue weighted by Crippen LogP contribution is -2.57. The molecule has 2 aromatic carbocycles. The van der Waals surface area contributed by atoms with Gasteiger partial charge in [0.25, 0.3) is 0 Å². The summed E-state index contributed by atoms with van der Waals surface area (Å²) in [4.78, 5) is 26.8. The minimum absolute atomic E-state index is 0.0536. The van der Waals surface area contributed by atoms with Crippen molar-refractivity contribution in [1.82, 2.24) is 19.8 Å². The molecule has 9 nitrogen and oxygen atoms in total. The minimum Gasteiger partial charge on any atom is -0.433 e. The summed E-state index contributed by atoms with van der Waals surface area (Å²) in [5.74, 6) is -1.09. The van der Waals surface area contributed by atoms with Gasteiger partial charge in [-0.05, 0) is 63.8 Å². The molecule has 2 fully saturated rings. The molecule has 1 aromatic heterocycles. The Labute approximate surface area is 277 Å². The third kappa shape index (κ3) is 8.32. The highest BCUT2D eigenvalue weighted by atomic mass is 19.4. The number of carbonyl (C=O) groups is 1. The number of alkyl halides is 5. The first kappa shape index (κ1) is 35.3. The van der Waals surface area contributed by atoms with Crippen LogP contribution in [0, 0.1) is 0 Å². The van der Waals surface area contributed by atoms with Crippen molar-refractivity contribution in [3.05, 3.63) is 59.3 Å². The molecule has 0 saturated carbocycles. The highest BCUT2D eigenvalue weighted by Gasteiger charge is 2.36. The van der Waals surface area contributed by atoms with Crippen LogP contribution in [0.4, 0.5) is 50.8 Å². The zero-order chi connectivity index (χ0) is 34.6. The van der Waals surface area contributed by atoms with Gasteiger partial charge < -0.3 is 20.3 Å². The van der Waals surface area contributed by atoms with Crippen molar-refractivity contribution in [2.24, 2.45) is 0 Å². The number of carbonyl (C=O) groups excluding carboxylic acids is 1. The van der Waals surface area contributed by atoms with Crippen LogP contribution >= 0.6 is 0 Å². The maximum absolute atomic E-state index is 13.9. The van der Waals surface area contributed by atoms with E-state index >= 15 is 0 Å². The number of aromatic nitrogens is 2. The number of benzene rings is 2. The number of hydrogen-bond acceptors (Lipinski definition) is 9. The second-order valence-corrected chi connectivity index (χ2v) is 13.0. The van der Waals surface area contributed by atoms with Crippen LogP contribution in [0.5, 0.6) is 5.75 Å². The number of ether oxygens (including phenoxy) is 1. The quantitative estimate of drug-likeness (QED) is 0.169. The van der Waals surface area contributed by atoms with Crippen molar-refractivity contribution in [2.45, 2.75) is 71.3 Å². The molecule has 0 unspecified atom stereocenters. The van der Waals surface area contributed by atoms with Crippen LogP contribution in [-0.2, 0) is 12.6 Å². The normalized spacial score (nSPS) is 17.1. The fourth-order valence-electron chi connectivity index (χ4n) is 6.41. The third-order valence-corrected chi connectivity index (χ3v) is 9.08. The van der Waals surface area contributed by atoms with Gasteiger partial charge in [0.1, 0.15) is 11.4 Å². The van der Waals surface area contributed by atoms with Crippen molar-refractivity contribution in [3.8, 4) is 5.75 Å². The maximum Gasteiger partial charge on any atom is 0.421 e. The Bertz CT molecular complexity index is 1560. The molecule has 2 aliphatic rings. The molecule has 3 heterocycles. The predicted molar refractivity (Wildman–Crippen MR) is 176 cm³/mol. The number of nitrogens with zero attached hydrogens (tertiary/aromatic N) is 5. The fourth-order valence-corrected chi connectivity index (χ4v) is 6.41. The van der Waals surface area contributed by atoms with Crippen molar-refractivity contribution < 1.29 is 31.5 Å².